The smallest absolute Gasteiger partial charge is 0.255 e. The van der Waals surface area contributed by atoms with Crippen LogP contribution in [-0.2, 0) is 6.18 Å². The van der Waals surface area contributed by atoms with E-state index in [0.717, 1.165) is 16.7 Å². The third-order valence-electron chi connectivity index (χ3n) is 5.40. The average molecular weight is 456 g/mol. The Hall–Kier alpha value is -2.44. The molecule has 0 amide bonds. The summed E-state index contributed by atoms with van der Waals surface area (Å²) in [6, 6.07) is 15.1. The van der Waals surface area contributed by atoms with Crippen LogP contribution in [0.4, 0.5) is 13.2 Å². The summed E-state index contributed by atoms with van der Waals surface area (Å²) in [6.07, 6.45) is -2.97. The number of pyridine rings is 1. The lowest BCUT2D eigenvalue weighted by Gasteiger charge is -2.17. The Morgan fingerprint density at radius 2 is 1.45 bits per heavy atom. The second kappa shape index (κ2) is 7.60. The second-order valence-corrected chi connectivity index (χ2v) is 15.1. The van der Waals surface area contributed by atoms with Gasteiger partial charge in [-0.3, -0.25) is 4.98 Å². The zero-order valence-corrected chi connectivity index (χ0v) is 20.0. The minimum Gasteiger partial charge on any atom is -0.255 e. The van der Waals surface area contributed by atoms with Crippen molar-refractivity contribution in [3.63, 3.8) is 0 Å². The predicted octanol–water partition coefficient (Wildman–Crippen LogP) is 7.81. The number of fused-ring (bicyclic) bond motifs is 1. The summed E-state index contributed by atoms with van der Waals surface area (Å²) in [5, 5.41) is 1.44. The molecule has 4 rings (SSSR count). The molecule has 4 aromatic rings. The maximum absolute atomic E-state index is 14.2. The van der Waals surface area contributed by atoms with E-state index in [9.17, 15) is 13.2 Å². The Kier molecular flexibility index (Phi) is 5.34. The van der Waals surface area contributed by atoms with Crippen LogP contribution in [0, 0.1) is 13.8 Å². The van der Waals surface area contributed by atoms with Crippen molar-refractivity contribution in [1.29, 1.82) is 0 Å². The first-order valence-corrected chi connectivity index (χ1v) is 14.4. The van der Waals surface area contributed by atoms with Gasteiger partial charge in [-0.05, 0) is 37.6 Å². The molecular formula is C25H24F3NSSi. The van der Waals surface area contributed by atoms with Crippen LogP contribution in [-0.4, -0.2) is 13.1 Å². The highest BCUT2D eigenvalue weighted by atomic mass is 32.1. The lowest BCUT2D eigenvalue weighted by Crippen LogP contribution is -2.37. The van der Waals surface area contributed by atoms with Crippen LogP contribution < -0.4 is 5.19 Å². The molecule has 6 heteroatoms. The second-order valence-electron chi connectivity index (χ2n) is 9.04. The van der Waals surface area contributed by atoms with Crippen molar-refractivity contribution in [2.45, 2.75) is 39.7 Å². The van der Waals surface area contributed by atoms with Crippen molar-refractivity contribution in [1.82, 2.24) is 4.98 Å². The zero-order chi connectivity index (χ0) is 22.6. The Bertz CT molecular complexity index is 1240. The van der Waals surface area contributed by atoms with Crippen LogP contribution >= 0.6 is 11.3 Å². The van der Waals surface area contributed by atoms with Gasteiger partial charge in [-0.25, -0.2) is 0 Å². The van der Waals surface area contributed by atoms with Crippen LogP contribution in [0.1, 0.15) is 16.7 Å². The molecule has 0 N–H and O–H groups in total. The summed E-state index contributed by atoms with van der Waals surface area (Å²) in [4.78, 5) is 4.74. The lowest BCUT2D eigenvalue weighted by molar-refractivity contribution is -0.135. The molecule has 0 atom stereocenters. The van der Waals surface area contributed by atoms with Gasteiger partial charge in [0, 0.05) is 22.0 Å². The first kappa shape index (κ1) is 21.8. The van der Waals surface area contributed by atoms with Crippen LogP contribution in [0.25, 0.3) is 31.8 Å². The minimum atomic E-state index is -4.45. The van der Waals surface area contributed by atoms with Gasteiger partial charge in [0.05, 0.1) is 24.0 Å². The van der Waals surface area contributed by atoms with Gasteiger partial charge in [0.1, 0.15) is 0 Å². The van der Waals surface area contributed by atoms with E-state index in [2.05, 4.69) is 24.6 Å². The van der Waals surface area contributed by atoms with Crippen LogP contribution in [0.3, 0.4) is 0 Å². The number of aromatic nitrogens is 1. The average Bonchev–Trinajstić information content (AvgIpc) is 3.06. The van der Waals surface area contributed by atoms with Gasteiger partial charge in [-0.2, -0.15) is 13.2 Å². The fourth-order valence-corrected chi connectivity index (χ4v) is 6.45. The van der Waals surface area contributed by atoms with E-state index in [0.29, 0.717) is 16.0 Å². The molecule has 0 radical (unpaired) electrons. The molecule has 0 unspecified atom stereocenters. The van der Waals surface area contributed by atoms with Gasteiger partial charge in [0.15, 0.2) is 0 Å². The van der Waals surface area contributed by atoms with Crippen molar-refractivity contribution < 1.29 is 13.2 Å². The molecule has 0 aliphatic heterocycles. The molecule has 0 saturated heterocycles. The molecule has 31 heavy (non-hydrogen) atoms. The lowest BCUT2D eigenvalue weighted by atomic mass is 10.0. The molecule has 2 aromatic carbocycles. The van der Waals surface area contributed by atoms with Gasteiger partial charge >= 0.3 is 6.18 Å². The summed E-state index contributed by atoms with van der Waals surface area (Å²) < 4.78 is 43.2. The number of aryl methyl sites for hydroxylation is 2. The Morgan fingerprint density at radius 1 is 0.839 bits per heavy atom. The normalized spacial score (nSPS) is 12.5. The summed E-state index contributed by atoms with van der Waals surface area (Å²) >= 11 is 1.18. The number of halogens is 3. The third-order valence-corrected chi connectivity index (χ3v) is 8.72. The standard InChI is InChI=1S/C25H24F3NSSi/c1-15-12-16(2)14-18(13-15)22-24-20(10-11-29-22)21(25(26,27)28)23(30-24)17-6-8-19(9-7-17)31(3,4)5/h6-14H,1-5H3. The Labute approximate surface area is 185 Å². The highest BCUT2D eigenvalue weighted by Gasteiger charge is 2.38. The van der Waals surface area contributed by atoms with Crippen LogP contribution in [0.15, 0.2) is 54.7 Å². The summed E-state index contributed by atoms with van der Waals surface area (Å²) in [6.45, 7) is 10.6. The van der Waals surface area contributed by atoms with Crippen molar-refractivity contribution >= 4 is 34.7 Å². The van der Waals surface area contributed by atoms with Gasteiger partial charge in [0.2, 0.25) is 0 Å². The number of benzene rings is 2. The van der Waals surface area contributed by atoms with Crippen LogP contribution in [0.5, 0.6) is 0 Å². The van der Waals surface area contributed by atoms with Crippen molar-refractivity contribution in [2.24, 2.45) is 0 Å². The van der Waals surface area contributed by atoms with E-state index < -0.39 is 19.8 Å². The number of thiophene rings is 1. The van der Waals surface area contributed by atoms with Crippen molar-refractivity contribution in [2.75, 3.05) is 0 Å². The molecule has 0 bridgehead atoms. The van der Waals surface area contributed by atoms with Crippen molar-refractivity contribution in [3.8, 4) is 21.7 Å². The SMILES string of the molecule is Cc1cc(C)cc(-c2nccc3c(C(F)(F)F)c(-c4ccc([Si](C)(C)C)cc4)sc23)c1. The largest absolute Gasteiger partial charge is 0.418 e. The van der Waals surface area contributed by atoms with Crippen LogP contribution in [0.2, 0.25) is 19.6 Å². The molecule has 160 valence electrons. The third kappa shape index (κ3) is 4.19. The predicted molar refractivity (Wildman–Crippen MR) is 128 cm³/mol. The molecule has 0 spiro atoms. The number of rotatable bonds is 3. The molecule has 0 saturated carbocycles. The zero-order valence-electron chi connectivity index (χ0n) is 18.2. The first-order chi connectivity index (χ1) is 14.4. The van der Waals surface area contributed by atoms with E-state index in [1.807, 2.05) is 56.3 Å². The number of nitrogens with zero attached hydrogens (tertiary/aromatic N) is 1. The molecular weight excluding hydrogens is 431 g/mol. The molecule has 1 nitrogen and oxygen atoms in total. The molecule has 0 aliphatic rings. The van der Waals surface area contributed by atoms with E-state index in [1.165, 1.54) is 28.8 Å². The summed E-state index contributed by atoms with van der Waals surface area (Å²) in [5.74, 6) is 0. The van der Waals surface area contributed by atoms with Gasteiger partial charge in [-0.15, -0.1) is 11.3 Å². The number of hydrogen-bond donors (Lipinski definition) is 0. The van der Waals surface area contributed by atoms with Gasteiger partial charge < -0.3 is 0 Å². The molecule has 2 aromatic heterocycles. The van der Waals surface area contributed by atoms with E-state index in [1.54, 1.807) is 0 Å². The fraction of sp³-hybridized carbons (Fsp3) is 0.240. The van der Waals surface area contributed by atoms with Crippen molar-refractivity contribution in [3.05, 3.63) is 71.4 Å². The topological polar surface area (TPSA) is 12.9 Å². The maximum Gasteiger partial charge on any atom is 0.418 e. The van der Waals surface area contributed by atoms with Gasteiger partial charge in [0.25, 0.3) is 0 Å². The number of hydrogen-bond acceptors (Lipinski definition) is 2. The quantitative estimate of drug-likeness (QED) is 0.287. The Morgan fingerprint density at radius 3 is 2.00 bits per heavy atom. The summed E-state index contributed by atoms with van der Waals surface area (Å²) in [5.41, 5.74) is 3.60. The van der Waals surface area contributed by atoms with E-state index >= 15 is 0 Å². The maximum atomic E-state index is 14.2. The van der Waals surface area contributed by atoms with E-state index in [4.69, 9.17) is 0 Å². The highest BCUT2D eigenvalue weighted by Crippen LogP contribution is 2.48. The highest BCUT2D eigenvalue weighted by molar-refractivity contribution is 7.23. The fourth-order valence-electron chi connectivity index (χ4n) is 3.95. The van der Waals surface area contributed by atoms with E-state index in [-0.39, 0.29) is 10.3 Å². The molecule has 0 fully saturated rings. The summed E-state index contributed by atoms with van der Waals surface area (Å²) in [7, 11) is -1.53. The molecule has 2 heterocycles. The number of alkyl halides is 3. The first-order valence-electron chi connectivity index (χ1n) is 10.1. The van der Waals surface area contributed by atoms with Gasteiger partial charge in [-0.1, -0.05) is 66.3 Å². The monoisotopic (exact) mass is 455 g/mol. The minimum absolute atomic E-state index is 0.214. The molecule has 0 aliphatic carbocycles. The Balaban J connectivity index is 1.98.